The summed E-state index contributed by atoms with van der Waals surface area (Å²) in [6.45, 7) is 0. The zero-order valence-corrected chi connectivity index (χ0v) is 11.2. The Morgan fingerprint density at radius 1 is 1.20 bits per heavy atom. The van der Waals surface area contributed by atoms with Crippen LogP contribution in [0.2, 0.25) is 5.02 Å². The molecular weight excluding hydrogens is 285 g/mol. The van der Waals surface area contributed by atoms with Gasteiger partial charge in [-0.05, 0) is 30.3 Å². The van der Waals surface area contributed by atoms with Gasteiger partial charge in [0.15, 0.2) is 0 Å². The molecule has 0 saturated carbocycles. The smallest absolute Gasteiger partial charge is 0.315 e. The molecule has 7 heteroatoms. The first-order valence-corrected chi connectivity index (χ1v) is 6.08. The highest BCUT2D eigenvalue weighted by Crippen LogP contribution is 2.36. The van der Waals surface area contributed by atoms with Gasteiger partial charge in [-0.3, -0.25) is 10.1 Å². The lowest BCUT2D eigenvalue weighted by Crippen LogP contribution is -2.01. The number of para-hydroxylation sites is 1. The highest BCUT2D eigenvalue weighted by atomic mass is 35.5. The van der Waals surface area contributed by atoms with E-state index >= 15 is 0 Å². The van der Waals surface area contributed by atoms with Crippen molar-refractivity contribution in [1.29, 1.82) is 0 Å². The summed E-state index contributed by atoms with van der Waals surface area (Å²) < 4.78 is 13.2. The maximum Gasteiger partial charge on any atom is 0.315 e. The van der Waals surface area contributed by atoms with Crippen molar-refractivity contribution in [3.63, 3.8) is 0 Å². The minimum atomic E-state index is -0.513. The first kappa shape index (κ1) is 14.1. The van der Waals surface area contributed by atoms with Gasteiger partial charge in [0.1, 0.15) is 17.2 Å². The number of nitrogens with zero attached hydrogens (tertiary/aromatic N) is 1. The minimum Gasteiger partial charge on any atom is -0.382 e. The van der Waals surface area contributed by atoms with Crippen molar-refractivity contribution in [1.82, 2.24) is 0 Å². The summed E-state index contributed by atoms with van der Waals surface area (Å²) in [4.78, 5) is 10.6. The fraction of sp³-hybridized carbons (Fsp3) is 0.0769. The Bertz CT molecular complexity index is 664. The molecule has 0 amide bonds. The quantitative estimate of drug-likeness (QED) is 0.656. The average molecular weight is 296 g/mol. The van der Waals surface area contributed by atoms with Crippen molar-refractivity contribution in [2.24, 2.45) is 0 Å². The Hall–Kier alpha value is -2.34. The second kappa shape index (κ2) is 5.75. The first-order chi connectivity index (χ1) is 9.52. The third-order valence-electron chi connectivity index (χ3n) is 2.69. The van der Waals surface area contributed by atoms with Gasteiger partial charge in [-0.15, -0.1) is 0 Å². The van der Waals surface area contributed by atoms with Gasteiger partial charge in [0.2, 0.25) is 0 Å². The summed E-state index contributed by atoms with van der Waals surface area (Å²) in [7, 11) is 1.58. The Balaban J connectivity index is 2.48. The third-order valence-corrected chi connectivity index (χ3v) is 3.02. The Morgan fingerprint density at radius 2 is 1.90 bits per heavy atom. The van der Waals surface area contributed by atoms with E-state index in [1.54, 1.807) is 19.2 Å². The molecule has 0 bridgehead atoms. The van der Waals surface area contributed by atoms with Gasteiger partial charge >= 0.3 is 5.69 Å². The molecule has 0 fully saturated rings. The van der Waals surface area contributed by atoms with Crippen LogP contribution < -0.4 is 10.6 Å². The lowest BCUT2D eigenvalue weighted by molar-refractivity contribution is -0.383. The number of nitrogens with one attached hydrogen (secondary N) is 2. The van der Waals surface area contributed by atoms with Gasteiger partial charge in [-0.25, -0.2) is 4.39 Å². The number of anilines is 3. The fourth-order valence-electron chi connectivity index (χ4n) is 1.78. The SMILES string of the molecule is CNc1cccc(Nc2cc(F)ccc2Cl)c1[N+](=O)[O-]. The molecule has 0 atom stereocenters. The second-order valence-corrected chi connectivity index (χ2v) is 4.37. The van der Waals surface area contributed by atoms with E-state index in [2.05, 4.69) is 10.6 Å². The number of rotatable bonds is 4. The monoisotopic (exact) mass is 295 g/mol. The third kappa shape index (κ3) is 2.80. The van der Waals surface area contributed by atoms with Gasteiger partial charge in [-0.2, -0.15) is 0 Å². The lowest BCUT2D eigenvalue weighted by Gasteiger charge is -2.11. The molecule has 5 nitrogen and oxygen atoms in total. The molecule has 2 aromatic rings. The van der Waals surface area contributed by atoms with Crippen molar-refractivity contribution in [2.75, 3.05) is 17.7 Å². The maximum absolute atomic E-state index is 13.2. The summed E-state index contributed by atoms with van der Waals surface area (Å²) in [5.74, 6) is -0.482. The van der Waals surface area contributed by atoms with Crippen LogP contribution in [0.25, 0.3) is 0 Å². The molecule has 0 spiro atoms. The van der Waals surface area contributed by atoms with Crippen molar-refractivity contribution < 1.29 is 9.31 Å². The Morgan fingerprint density at radius 3 is 2.55 bits per heavy atom. The van der Waals surface area contributed by atoms with E-state index in [4.69, 9.17) is 11.6 Å². The summed E-state index contributed by atoms with van der Waals surface area (Å²) in [5, 5.41) is 17.0. The molecule has 0 radical (unpaired) electrons. The molecule has 0 unspecified atom stereocenters. The first-order valence-electron chi connectivity index (χ1n) is 5.70. The van der Waals surface area contributed by atoms with Gasteiger partial charge in [0.25, 0.3) is 0 Å². The zero-order valence-electron chi connectivity index (χ0n) is 10.5. The van der Waals surface area contributed by atoms with Crippen molar-refractivity contribution in [3.8, 4) is 0 Å². The molecule has 2 N–H and O–H groups in total. The van der Waals surface area contributed by atoms with Gasteiger partial charge < -0.3 is 10.6 Å². The van der Waals surface area contributed by atoms with Gasteiger partial charge in [-0.1, -0.05) is 17.7 Å². The lowest BCUT2D eigenvalue weighted by atomic mass is 10.2. The fourth-order valence-corrected chi connectivity index (χ4v) is 1.95. The van der Waals surface area contributed by atoms with Crippen LogP contribution in [-0.2, 0) is 0 Å². The molecule has 2 rings (SSSR count). The average Bonchev–Trinajstić information content (AvgIpc) is 2.42. The molecule has 0 aromatic heterocycles. The zero-order chi connectivity index (χ0) is 14.7. The number of hydrogen-bond acceptors (Lipinski definition) is 4. The predicted molar refractivity (Wildman–Crippen MR) is 77.3 cm³/mol. The molecular formula is C13H11ClFN3O2. The van der Waals surface area contributed by atoms with Crippen LogP contribution >= 0.6 is 11.6 Å². The van der Waals surface area contributed by atoms with E-state index in [9.17, 15) is 14.5 Å². The van der Waals surface area contributed by atoms with E-state index in [-0.39, 0.29) is 22.1 Å². The molecule has 0 aliphatic carbocycles. The standard InChI is InChI=1S/C13H11ClFN3O2/c1-16-10-3-2-4-11(13(10)18(19)20)17-12-7-8(15)5-6-9(12)14/h2-7,16-17H,1H3. The van der Waals surface area contributed by atoms with Crippen LogP contribution in [0.4, 0.5) is 27.1 Å². The summed E-state index contributed by atoms with van der Waals surface area (Å²) in [5.41, 5.74) is 0.722. The topological polar surface area (TPSA) is 67.2 Å². The molecule has 20 heavy (non-hydrogen) atoms. The maximum atomic E-state index is 13.2. The van der Waals surface area contributed by atoms with Crippen molar-refractivity contribution in [2.45, 2.75) is 0 Å². The predicted octanol–water partition coefficient (Wildman–Crippen LogP) is 4.17. The van der Waals surface area contributed by atoms with E-state index in [1.807, 2.05) is 0 Å². The van der Waals surface area contributed by atoms with Crippen LogP contribution in [0, 0.1) is 15.9 Å². The molecule has 0 saturated heterocycles. The molecule has 0 aliphatic heterocycles. The molecule has 0 aliphatic rings. The van der Waals surface area contributed by atoms with Crippen LogP contribution in [0.15, 0.2) is 36.4 Å². The van der Waals surface area contributed by atoms with E-state index in [0.717, 1.165) is 0 Å². The largest absolute Gasteiger partial charge is 0.382 e. The minimum absolute atomic E-state index is 0.129. The van der Waals surface area contributed by atoms with Gasteiger partial charge in [0.05, 0.1) is 15.6 Å². The summed E-state index contributed by atoms with van der Waals surface area (Å²) in [6.07, 6.45) is 0. The van der Waals surface area contributed by atoms with E-state index in [0.29, 0.717) is 5.69 Å². The normalized spacial score (nSPS) is 10.2. The van der Waals surface area contributed by atoms with Crippen molar-refractivity contribution >= 4 is 34.4 Å². The number of nitro benzene ring substituents is 1. The Kier molecular flexibility index (Phi) is 4.05. The second-order valence-electron chi connectivity index (χ2n) is 3.96. The van der Waals surface area contributed by atoms with Crippen LogP contribution in [-0.4, -0.2) is 12.0 Å². The molecule has 0 heterocycles. The number of halogens is 2. The number of benzene rings is 2. The summed E-state index contributed by atoms with van der Waals surface area (Å²) >= 11 is 5.94. The highest BCUT2D eigenvalue weighted by molar-refractivity contribution is 6.33. The van der Waals surface area contributed by atoms with Gasteiger partial charge in [0, 0.05) is 7.05 Å². The van der Waals surface area contributed by atoms with Crippen LogP contribution in [0.3, 0.4) is 0 Å². The molecule has 2 aromatic carbocycles. The highest BCUT2D eigenvalue weighted by Gasteiger charge is 2.19. The molecule has 104 valence electrons. The van der Waals surface area contributed by atoms with E-state index in [1.165, 1.54) is 24.3 Å². The van der Waals surface area contributed by atoms with Crippen LogP contribution in [0.5, 0.6) is 0 Å². The van der Waals surface area contributed by atoms with Crippen molar-refractivity contribution in [3.05, 3.63) is 57.4 Å². The number of hydrogen-bond donors (Lipinski definition) is 2. The van der Waals surface area contributed by atoms with E-state index < -0.39 is 10.7 Å². The van der Waals surface area contributed by atoms with Crippen LogP contribution in [0.1, 0.15) is 0 Å². The summed E-state index contributed by atoms with van der Waals surface area (Å²) in [6, 6.07) is 8.53. The Labute approximate surface area is 119 Å². The number of nitro groups is 1.